The average molecular weight is 178 g/mol. The molecule has 2 heterocycles. The van der Waals surface area contributed by atoms with E-state index in [2.05, 4.69) is 41.1 Å². The van der Waals surface area contributed by atoms with Crippen molar-refractivity contribution in [1.82, 2.24) is 11.2 Å². The molecule has 2 N–H and O–H groups in total. The van der Waals surface area contributed by atoms with Crippen LogP contribution in [-0.4, -0.2) is 10.5 Å². The van der Waals surface area contributed by atoms with Crippen LogP contribution in [0.4, 0.5) is 0 Å². The Balaban J connectivity index is 1.89. The molecule has 0 fully saturated rings. The first kappa shape index (κ1) is 6.52. The Labute approximate surface area is 64.3 Å². The van der Waals surface area contributed by atoms with Crippen molar-refractivity contribution in [1.29, 1.82) is 0 Å². The van der Waals surface area contributed by atoms with Gasteiger partial charge < -0.3 is 0 Å². The molecule has 0 aliphatic carbocycles. The summed E-state index contributed by atoms with van der Waals surface area (Å²) in [4.78, 5) is 17.4. The lowest BCUT2D eigenvalue weighted by Crippen LogP contribution is -1.99. The summed E-state index contributed by atoms with van der Waals surface area (Å²) in [7, 11) is 0. The van der Waals surface area contributed by atoms with Crippen molar-refractivity contribution >= 4 is 22.2 Å². The Morgan fingerprint density at radius 1 is 1.00 bits per heavy atom. The van der Waals surface area contributed by atoms with Crippen LogP contribution in [0.2, 0.25) is 0 Å². The standard InChI is InChI=1S/C2H2N4O4S/c3-1(7-9-5-3)11-2-4-6-10-8-2/h5-6H. The summed E-state index contributed by atoms with van der Waals surface area (Å²) in [6.07, 6.45) is 0. The fourth-order valence-electron chi connectivity index (χ4n) is 0.412. The van der Waals surface area contributed by atoms with Crippen LogP contribution in [0.5, 0.6) is 0 Å². The minimum Gasteiger partial charge on any atom is -0.283 e. The minimum absolute atomic E-state index is 0.232. The van der Waals surface area contributed by atoms with Crippen molar-refractivity contribution in [2.24, 2.45) is 10.2 Å². The smallest absolute Gasteiger partial charge is 0.283 e. The van der Waals surface area contributed by atoms with Gasteiger partial charge in [0.1, 0.15) is 0 Å². The van der Waals surface area contributed by atoms with Gasteiger partial charge in [0.2, 0.25) is 0 Å². The van der Waals surface area contributed by atoms with Crippen molar-refractivity contribution < 1.29 is 19.8 Å². The molecule has 0 saturated carbocycles. The highest BCUT2D eigenvalue weighted by Crippen LogP contribution is 2.13. The molecule has 0 spiro atoms. The summed E-state index contributed by atoms with van der Waals surface area (Å²) in [5, 5.41) is 7.55. The Morgan fingerprint density at radius 2 is 1.55 bits per heavy atom. The Morgan fingerprint density at radius 3 is 1.91 bits per heavy atom. The molecule has 0 aromatic rings. The highest BCUT2D eigenvalue weighted by Gasteiger charge is 2.19. The predicted octanol–water partition coefficient (Wildman–Crippen LogP) is -0.806. The van der Waals surface area contributed by atoms with Crippen molar-refractivity contribution in [2.45, 2.75) is 0 Å². The number of nitrogens with one attached hydrogen (secondary N) is 2. The van der Waals surface area contributed by atoms with E-state index in [1.807, 2.05) is 0 Å². The third-order valence-corrected chi connectivity index (χ3v) is 1.42. The van der Waals surface area contributed by atoms with E-state index in [9.17, 15) is 0 Å². The molecule has 11 heavy (non-hydrogen) atoms. The van der Waals surface area contributed by atoms with Crippen LogP contribution in [0.1, 0.15) is 0 Å². The van der Waals surface area contributed by atoms with E-state index in [1.165, 1.54) is 0 Å². The van der Waals surface area contributed by atoms with Gasteiger partial charge in [0, 0.05) is 11.8 Å². The van der Waals surface area contributed by atoms with Crippen LogP contribution in [-0.2, 0) is 19.8 Å². The Bertz CT molecular complexity index is 194. The second-order valence-corrected chi connectivity index (χ2v) is 2.28. The number of nitrogens with zero attached hydrogens (tertiary/aromatic N) is 2. The quantitative estimate of drug-likeness (QED) is 0.469. The number of thioether (sulfide) groups is 1. The molecule has 0 atom stereocenters. The average Bonchev–Trinajstić information content (AvgIpc) is 2.60. The van der Waals surface area contributed by atoms with E-state index < -0.39 is 0 Å². The van der Waals surface area contributed by atoms with Crippen molar-refractivity contribution in [3.63, 3.8) is 0 Å². The van der Waals surface area contributed by atoms with Gasteiger partial charge in [0.15, 0.2) is 0 Å². The summed E-state index contributed by atoms with van der Waals surface area (Å²) < 4.78 is 0. The largest absolute Gasteiger partial charge is 0.321 e. The molecule has 2 aliphatic rings. The zero-order chi connectivity index (χ0) is 7.52. The molecule has 0 aromatic carbocycles. The fraction of sp³-hybridized carbons (Fsp3) is 0. The Kier molecular flexibility index (Phi) is 1.67. The fourth-order valence-corrected chi connectivity index (χ4v) is 0.863. The summed E-state index contributed by atoms with van der Waals surface area (Å²) in [6, 6.07) is 0. The van der Waals surface area contributed by atoms with Crippen LogP contribution in [0, 0.1) is 0 Å². The minimum atomic E-state index is 0.232. The third kappa shape index (κ3) is 1.45. The van der Waals surface area contributed by atoms with Gasteiger partial charge in [-0.25, -0.2) is 0 Å². The van der Waals surface area contributed by atoms with Gasteiger partial charge in [-0.15, -0.1) is 21.4 Å². The van der Waals surface area contributed by atoms with Gasteiger partial charge in [-0.1, -0.05) is 0 Å². The molecule has 0 amide bonds. The van der Waals surface area contributed by atoms with Crippen LogP contribution in [0.3, 0.4) is 0 Å². The van der Waals surface area contributed by atoms with Gasteiger partial charge in [-0.3, -0.25) is 9.78 Å². The molecule has 0 aromatic heterocycles. The van der Waals surface area contributed by atoms with E-state index in [0.717, 1.165) is 11.8 Å². The number of rotatable bonds is 0. The SMILES string of the molecule is N1=C(SC2=NNOO2)OON1. The van der Waals surface area contributed by atoms with Crippen molar-refractivity contribution in [2.75, 3.05) is 0 Å². The summed E-state index contributed by atoms with van der Waals surface area (Å²) in [6.45, 7) is 0. The number of hydrogen-bond acceptors (Lipinski definition) is 9. The zero-order valence-corrected chi connectivity index (χ0v) is 5.75. The summed E-state index contributed by atoms with van der Waals surface area (Å²) in [5.74, 6) is 0. The zero-order valence-electron chi connectivity index (χ0n) is 4.94. The van der Waals surface area contributed by atoms with Gasteiger partial charge in [0.25, 0.3) is 0 Å². The van der Waals surface area contributed by atoms with E-state index in [4.69, 9.17) is 0 Å². The van der Waals surface area contributed by atoms with E-state index in [-0.39, 0.29) is 10.5 Å². The first-order chi connectivity index (χ1) is 5.45. The monoisotopic (exact) mass is 178 g/mol. The second-order valence-electron chi connectivity index (χ2n) is 1.37. The predicted molar refractivity (Wildman–Crippen MR) is 33.1 cm³/mol. The van der Waals surface area contributed by atoms with Gasteiger partial charge in [-0.05, 0) is 9.98 Å². The molecular formula is C2H2N4O4S. The second kappa shape index (κ2) is 2.82. The summed E-state index contributed by atoms with van der Waals surface area (Å²) >= 11 is 0.995. The molecular weight excluding hydrogens is 176 g/mol. The molecule has 8 nitrogen and oxygen atoms in total. The lowest BCUT2D eigenvalue weighted by molar-refractivity contribution is -0.248. The van der Waals surface area contributed by atoms with Gasteiger partial charge in [0.05, 0.1) is 0 Å². The lowest BCUT2D eigenvalue weighted by Gasteiger charge is -1.91. The van der Waals surface area contributed by atoms with Crippen LogP contribution in [0.25, 0.3) is 0 Å². The van der Waals surface area contributed by atoms with Crippen LogP contribution < -0.4 is 11.2 Å². The molecule has 2 aliphatic heterocycles. The van der Waals surface area contributed by atoms with E-state index in [1.54, 1.807) is 0 Å². The number of hydrogen-bond donors (Lipinski definition) is 2. The third-order valence-electron chi connectivity index (χ3n) is 0.749. The molecule has 9 heteroatoms. The van der Waals surface area contributed by atoms with Crippen LogP contribution >= 0.6 is 11.8 Å². The molecule has 0 radical (unpaired) electrons. The highest BCUT2D eigenvalue weighted by atomic mass is 32.2. The highest BCUT2D eigenvalue weighted by molar-refractivity contribution is 8.25. The molecule has 2 rings (SSSR count). The molecule has 0 unspecified atom stereocenters. The van der Waals surface area contributed by atoms with Gasteiger partial charge >= 0.3 is 10.5 Å². The maximum absolute atomic E-state index is 4.47. The lowest BCUT2D eigenvalue weighted by atomic mass is 11.5. The maximum atomic E-state index is 4.47. The first-order valence-corrected chi connectivity index (χ1v) is 3.27. The van der Waals surface area contributed by atoms with Gasteiger partial charge in [-0.2, -0.15) is 0 Å². The maximum Gasteiger partial charge on any atom is 0.321 e. The topological polar surface area (TPSA) is 85.7 Å². The van der Waals surface area contributed by atoms with Crippen molar-refractivity contribution in [3.05, 3.63) is 0 Å². The molecule has 0 saturated heterocycles. The normalized spacial score (nSPS) is 20.7. The number of hydrazone groups is 2. The molecule has 0 bridgehead atoms. The summed E-state index contributed by atoms with van der Waals surface area (Å²) in [5.41, 5.74) is 4.24. The van der Waals surface area contributed by atoms with E-state index >= 15 is 0 Å². The van der Waals surface area contributed by atoms with Crippen molar-refractivity contribution in [3.8, 4) is 0 Å². The Hall–Kier alpha value is -1.19. The first-order valence-electron chi connectivity index (χ1n) is 2.45. The van der Waals surface area contributed by atoms with Crippen LogP contribution in [0.15, 0.2) is 10.2 Å². The van der Waals surface area contributed by atoms with E-state index in [0.29, 0.717) is 0 Å². The molecule has 60 valence electrons.